The molecule has 1 amide bonds. The SMILES string of the molecule is CCCC(=O)Nc1cncc(-c2cnc3[nH]nc(-c4cc5c(-c6cc(C)cc(F)c6)cncc5[nH]4)c3c2)c1. The van der Waals surface area contributed by atoms with Gasteiger partial charge in [-0.1, -0.05) is 13.0 Å². The molecule has 0 atom stereocenters. The van der Waals surface area contributed by atoms with Gasteiger partial charge in [-0.05, 0) is 54.8 Å². The summed E-state index contributed by atoms with van der Waals surface area (Å²) in [6.07, 6.45) is 9.83. The average Bonchev–Trinajstić information content (AvgIpc) is 3.52. The molecule has 0 radical (unpaired) electrons. The second kappa shape index (κ2) is 9.51. The van der Waals surface area contributed by atoms with Crippen molar-refractivity contribution in [3.05, 3.63) is 78.8 Å². The topological polar surface area (TPSA) is 112 Å². The molecule has 0 saturated carbocycles. The number of pyridine rings is 3. The van der Waals surface area contributed by atoms with Crippen molar-refractivity contribution in [2.45, 2.75) is 26.7 Å². The highest BCUT2D eigenvalue weighted by Gasteiger charge is 2.16. The summed E-state index contributed by atoms with van der Waals surface area (Å²) in [5.41, 5.74) is 7.68. The van der Waals surface area contributed by atoms with Crippen molar-refractivity contribution in [3.8, 4) is 33.6 Å². The lowest BCUT2D eigenvalue weighted by atomic mass is 10.0. The van der Waals surface area contributed by atoms with E-state index in [1.54, 1.807) is 31.0 Å². The Morgan fingerprint density at radius 1 is 0.921 bits per heavy atom. The first-order chi connectivity index (χ1) is 18.5. The van der Waals surface area contributed by atoms with E-state index in [2.05, 4.69) is 35.5 Å². The van der Waals surface area contributed by atoms with Crippen molar-refractivity contribution in [1.29, 1.82) is 0 Å². The predicted octanol–water partition coefficient (Wildman–Crippen LogP) is 6.42. The Balaban J connectivity index is 1.41. The standard InChI is InChI=1S/C29H24FN7O/c1-3-4-27(38)34-21-8-18(11-31-13-21)19-9-23-28(36-37-29(23)33-12-19)25-10-22-24(14-32-15-26(22)35-25)17-5-16(2)6-20(30)7-17/h5-15,35H,3-4H2,1-2H3,(H,34,38)(H,33,36,37). The van der Waals surface area contributed by atoms with Crippen LogP contribution in [0, 0.1) is 12.7 Å². The van der Waals surface area contributed by atoms with Gasteiger partial charge in [-0.15, -0.1) is 0 Å². The molecule has 1 aromatic carbocycles. The summed E-state index contributed by atoms with van der Waals surface area (Å²) < 4.78 is 14.1. The number of aryl methyl sites for hydroxylation is 1. The van der Waals surface area contributed by atoms with Crippen LogP contribution in [-0.4, -0.2) is 36.0 Å². The van der Waals surface area contributed by atoms with Crippen LogP contribution in [0.4, 0.5) is 10.1 Å². The summed E-state index contributed by atoms with van der Waals surface area (Å²) in [5, 5.41) is 12.2. The van der Waals surface area contributed by atoms with E-state index in [9.17, 15) is 9.18 Å². The number of carbonyl (C=O) groups is 1. The van der Waals surface area contributed by atoms with Crippen molar-refractivity contribution < 1.29 is 9.18 Å². The van der Waals surface area contributed by atoms with Gasteiger partial charge < -0.3 is 10.3 Å². The van der Waals surface area contributed by atoms with E-state index < -0.39 is 0 Å². The van der Waals surface area contributed by atoms with E-state index in [0.29, 0.717) is 23.4 Å². The van der Waals surface area contributed by atoms with Crippen LogP contribution in [0.5, 0.6) is 0 Å². The number of hydrogen-bond donors (Lipinski definition) is 3. The first-order valence-electron chi connectivity index (χ1n) is 12.3. The Bertz CT molecular complexity index is 1800. The number of rotatable bonds is 6. The van der Waals surface area contributed by atoms with Crippen molar-refractivity contribution in [3.63, 3.8) is 0 Å². The third-order valence-corrected chi connectivity index (χ3v) is 6.40. The number of benzene rings is 1. The van der Waals surface area contributed by atoms with Crippen LogP contribution in [0.3, 0.4) is 0 Å². The van der Waals surface area contributed by atoms with Crippen molar-refractivity contribution >= 4 is 33.5 Å². The van der Waals surface area contributed by atoms with Gasteiger partial charge in [0, 0.05) is 52.5 Å². The van der Waals surface area contributed by atoms with Crippen LogP contribution in [0.15, 0.2) is 67.4 Å². The molecule has 3 N–H and O–H groups in total. The molecule has 38 heavy (non-hydrogen) atoms. The Morgan fingerprint density at radius 2 is 1.76 bits per heavy atom. The zero-order valence-electron chi connectivity index (χ0n) is 20.8. The molecular formula is C29H24FN7O. The summed E-state index contributed by atoms with van der Waals surface area (Å²) >= 11 is 0. The number of nitrogens with one attached hydrogen (secondary N) is 3. The zero-order valence-corrected chi connectivity index (χ0v) is 20.8. The summed E-state index contributed by atoms with van der Waals surface area (Å²) in [5.74, 6) is -0.327. The molecule has 5 aromatic heterocycles. The minimum atomic E-state index is -0.284. The molecule has 0 fully saturated rings. The van der Waals surface area contributed by atoms with Crippen LogP contribution >= 0.6 is 0 Å². The van der Waals surface area contributed by atoms with Gasteiger partial charge in [0.1, 0.15) is 11.5 Å². The van der Waals surface area contributed by atoms with Gasteiger partial charge in [0.05, 0.1) is 29.3 Å². The summed E-state index contributed by atoms with van der Waals surface area (Å²) in [4.78, 5) is 28.7. The van der Waals surface area contributed by atoms with E-state index in [1.807, 2.05) is 38.1 Å². The van der Waals surface area contributed by atoms with Gasteiger partial charge >= 0.3 is 0 Å². The van der Waals surface area contributed by atoms with Gasteiger partial charge in [0.25, 0.3) is 0 Å². The molecule has 0 spiro atoms. The quantitative estimate of drug-likeness (QED) is 0.242. The molecule has 0 aliphatic carbocycles. The van der Waals surface area contributed by atoms with Crippen molar-refractivity contribution in [1.82, 2.24) is 30.1 Å². The summed E-state index contributed by atoms with van der Waals surface area (Å²) in [7, 11) is 0. The average molecular weight is 506 g/mol. The molecule has 6 rings (SSSR count). The molecule has 0 unspecified atom stereocenters. The number of carbonyl (C=O) groups excluding carboxylic acids is 1. The Morgan fingerprint density at radius 3 is 2.61 bits per heavy atom. The number of aromatic amines is 2. The number of halogens is 1. The lowest BCUT2D eigenvalue weighted by molar-refractivity contribution is -0.116. The molecule has 0 aliphatic rings. The number of fused-ring (bicyclic) bond motifs is 2. The molecule has 0 bridgehead atoms. The fraction of sp³-hybridized carbons (Fsp3) is 0.138. The molecule has 188 valence electrons. The number of aromatic nitrogens is 6. The van der Waals surface area contributed by atoms with E-state index in [0.717, 1.165) is 56.2 Å². The molecule has 5 heterocycles. The van der Waals surface area contributed by atoms with E-state index in [-0.39, 0.29) is 11.7 Å². The molecule has 9 heteroatoms. The number of anilines is 1. The minimum Gasteiger partial charge on any atom is -0.352 e. The molecule has 8 nitrogen and oxygen atoms in total. The van der Waals surface area contributed by atoms with Gasteiger partial charge in [-0.25, -0.2) is 9.37 Å². The van der Waals surface area contributed by atoms with E-state index >= 15 is 0 Å². The maximum absolute atomic E-state index is 14.1. The van der Waals surface area contributed by atoms with Crippen LogP contribution in [-0.2, 0) is 4.79 Å². The first-order valence-corrected chi connectivity index (χ1v) is 12.3. The fourth-order valence-corrected chi connectivity index (χ4v) is 4.68. The van der Waals surface area contributed by atoms with Crippen molar-refractivity contribution in [2.75, 3.05) is 5.32 Å². The summed E-state index contributed by atoms with van der Waals surface area (Å²) in [6.45, 7) is 3.83. The van der Waals surface area contributed by atoms with Crippen LogP contribution < -0.4 is 5.32 Å². The van der Waals surface area contributed by atoms with Crippen molar-refractivity contribution in [2.24, 2.45) is 0 Å². The number of H-pyrrole nitrogens is 2. The van der Waals surface area contributed by atoms with Gasteiger partial charge in [-0.2, -0.15) is 5.10 Å². The second-order valence-corrected chi connectivity index (χ2v) is 9.30. The maximum atomic E-state index is 14.1. The van der Waals surface area contributed by atoms with Gasteiger partial charge in [0.15, 0.2) is 5.65 Å². The maximum Gasteiger partial charge on any atom is 0.224 e. The minimum absolute atomic E-state index is 0.0433. The zero-order chi connectivity index (χ0) is 26.2. The Labute approximate surface area is 217 Å². The Kier molecular flexibility index (Phi) is 5.88. The van der Waals surface area contributed by atoms with Crippen LogP contribution in [0.1, 0.15) is 25.3 Å². The van der Waals surface area contributed by atoms with Gasteiger partial charge in [-0.3, -0.25) is 19.9 Å². The summed E-state index contributed by atoms with van der Waals surface area (Å²) in [6, 6.07) is 10.8. The smallest absolute Gasteiger partial charge is 0.224 e. The Hall–Kier alpha value is -4.92. The van der Waals surface area contributed by atoms with Crippen LogP contribution in [0.25, 0.3) is 55.6 Å². The molecule has 6 aromatic rings. The highest BCUT2D eigenvalue weighted by atomic mass is 19.1. The second-order valence-electron chi connectivity index (χ2n) is 9.30. The lowest BCUT2D eigenvalue weighted by Crippen LogP contribution is -2.10. The normalized spacial score (nSPS) is 11.3. The largest absolute Gasteiger partial charge is 0.352 e. The first kappa shape index (κ1) is 23.5. The van der Waals surface area contributed by atoms with Gasteiger partial charge in [0.2, 0.25) is 5.91 Å². The van der Waals surface area contributed by atoms with E-state index in [4.69, 9.17) is 0 Å². The number of hydrogen-bond acceptors (Lipinski definition) is 5. The van der Waals surface area contributed by atoms with E-state index in [1.165, 1.54) is 12.1 Å². The molecule has 0 saturated heterocycles. The third-order valence-electron chi connectivity index (χ3n) is 6.40. The highest BCUT2D eigenvalue weighted by Crippen LogP contribution is 2.35. The number of amides is 1. The lowest BCUT2D eigenvalue weighted by Gasteiger charge is -2.07. The van der Waals surface area contributed by atoms with Crippen LogP contribution in [0.2, 0.25) is 0 Å². The predicted molar refractivity (Wildman–Crippen MR) is 146 cm³/mol. The monoisotopic (exact) mass is 505 g/mol. The molecular weight excluding hydrogens is 481 g/mol. The highest BCUT2D eigenvalue weighted by molar-refractivity contribution is 6.00. The molecule has 0 aliphatic heterocycles. The third kappa shape index (κ3) is 4.39. The number of nitrogens with zero attached hydrogens (tertiary/aromatic N) is 4. The fourth-order valence-electron chi connectivity index (χ4n) is 4.68.